The zero-order valence-corrected chi connectivity index (χ0v) is 12.5. The largest absolute Gasteiger partial charge is 0.359 e. The molecule has 0 saturated carbocycles. The Labute approximate surface area is 123 Å². The minimum absolute atomic E-state index is 0.0862. The fraction of sp³-hybridized carbons (Fsp3) is 0.467. The fourth-order valence-electron chi connectivity index (χ4n) is 3.11. The normalized spacial score (nSPS) is 22.0. The van der Waals surface area contributed by atoms with Gasteiger partial charge in [-0.3, -0.25) is 4.79 Å². The molecule has 21 heavy (non-hydrogen) atoms. The molecule has 0 aliphatic carbocycles. The number of nitrogens with zero attached hydrogens (tertiary/aromatic N) is 3. The molecule has 3 heterocycles. The molecule has 0 aromatic carbocycles. The Morgan fingerprint density at radius 1 is 1.52 bits per heavy atom. The maximum absolute atomic E-state index is 12.1. The number of nitrogens with two attached hydrogens (primary N) is 1. The first-order valence-corrected chi connectivity index (χ1v) is 7.22. The van der Waals surface area contributed by atoms with E-state index in [1.54, 1.807) is 7.05 Å². The van der Waals surface area contributed by atoms with E-state index in [1.807, 2.05) is 35.7 Å². The second-order valence-electron chi connectivity index (χ2n) is 5.83. The van der Waals surface area contributed by atoms with Crippen molar-refractivity contribution in [1.82, 2.24) is 14.7 Å². The van der Waals surface area contributed by atoms with E-state index in [-0.39, 0.29) is 11.3 Å². The lowest BCUT2D eigenvalue weighted by Crippen LogP contribution is -2.39. The van der Waals surface area contributed by atoms with Gasteiger partial charge in [0.2, 0.25) is 5.91 Å². The highest BCUT2D eigenvalue weighted by Crippen LogP contribution is 2.34. The van der Waals surface area contributed by atoms with Crippen molar-refractivity contribution in [3.05, 3.63) is 30.1 Å². The number of hydrogen-bond acceptors (Lipinski definition) is 4. The Hall–Kier alpha value is -2.08. The van der Waals surface area contributed by atoms with E-state index in [9.17, 15) is 4.79 Å². The molecule has 0 radical (unpaired) electrons. The summed E-state index contributed by atoms with van der Waals surface area (Å²) < 4.78 is 2.02. The van der Waals surface area contributed by atoms with Crippen molar-refractivity contribution in [2.75, 3.05) is 25.0 Å². The van der Waals surface area contributed by atoms with Crippen molar-refractivity contribution in [3.63, 3.8) is 0 Å². The Morgan fingerprint density at radius 3 is 3.05 bits per heavy atom. The summed E-state index contributed by atoms with van der Waals surface area (Å²) in [6.07, 6.45) is 2.80. The number of hydrogen-bond donors (Lipinski definition) is 2. The number of rotatable bonds is 3. The van der Waals surface area contributed by atoms with Crippen LogP contribution in [0.2, 0.25) is 0 Å². The second kappa shape index (κ2) is 5.04. The van der Waals surface area contributed by atoms with Crippen molar-refractivity contribution >= 4 is 17.4 Å². The van der Waals surface area contributed by atoms with Crippen LogP contribution in [0.1, 0.15) is 19.0 Å². The maximum atomic E-state index is 12.1. The van der Waals surface area contributed by atoms with Crippen molar-refractivity contribution in [2.24, 2.45) is 11.1 Å². The third-order valence-corrected chi connectivity index (χ3v) is 4.35. The molecule has 2 aromatic heterocycles. The van der Waals surface area contributed by atoms with E-state index in [4.69, 9.17) is 10.7 Å². The van der Waals surface area contributed by atoms with Crippen LogP contribution in [0.4, 0.5) is 5.82 Å². The summed E-state index contributed by atoms with van der Waals surface area (Å²) in [4.78, 5) is 18.9. The molecule has 1 aliphatic rings. The maximum Gasteiger partial charge on any atom is 0.227 e. The van der Waals surface area contributed by atoms with Crippen molar-refractivity contribution in [1.29, 1.82) is 0 Å². The number of anilines is 1. The van der Waals surface area contributed by atoms with E-state index in [2.05, 4.69) is 10.2 Å². The van der Waals surface area contributed by atoms with Crippen molar-refractivity contribution in [3.8, 4) is 0 Å². The first-order chi connectivity index (χ1) is 10.1. The van der Waals surface area contributed by atoms with Crippen LogP contribution >= 0.6 is 0 Å². The molecule has 6 nitrogen and oxygen atoms in total. The molecule has 112 valence electrons. The average molecular weight is 287 g/mol. The molecule has 2 aromatic rings. The minimum Gasteiger partial charge on any atom is -0.359 e. The van der Waals surface area contributed by atoms with Crippen LogP contribution in [0.25, 0.3) is 5.65 Å². The van der Waals surface area contributed by atoms with Crippen LogP contribution in [0.3, 0.4) is 0 Å². The lowest BCUT2D eigenvalue weighted by Gasteiger charge is -2.23. The summed E-state index contributed by atoms with van der Waals surface area (Å²) in [7, 11) is 1.69. The predicted octanol–water partition coefficient (Wildman–Crippen LogP) is 0.755. The van der Waals surface area contributed by atoms with Crippen LogP contribution in [0.15, 0.2) is 24.4 Å². The molecule has 0 bridgehead atoms. The molecular formula is C15H21N5O. The summed E-state index contributed by atoms with van der Waals surface area (Å²) in [6, 6.07) is 5.90. The topological polar surface area (TPSA) is 75.7 Å². The van der Waals surface area contributed by atoms with Crippen LogP contribution in [-0.2, 0) is 11.3 Å². The van der Waals surface area contributed by atoms with Crippen LogP contribution < -0.4 is 16.0 Å². The summed E-state index contributed by atoms with van der Waals surface area (Å²) in [5.74, 6) is 0.986. The standard InChI is InChI=1S/C15H21N5O/c1-15(14(21)17-2)6-8-19(10-15)13-11(9-16)20-7-4-3-5-12(20)18-13/h3-5,7H,6,8-10,16H2,1-2H3,(H,17,21). The van der Waals surface area contributed by atoms with Crippen LogP contribution in [0, 0.1) is 5.41 Å². The van der Waals surface area contributed by atoms with Crippen molar-refractivity contribution in [2.45, 2.75) is 19.9 Å². The van der Waals surface area contributed by atoms with Crippen molar-refractivity contribution < 1.29 is 4.79 Å². The Morgan fingerprint density at radius 2 is 2.33 bits per heavy atom. The van der Waals surface area contributed by atoms with Gasteiger partial charge >= 0.3 is 0 Å². The first-order valence-electron chi connectivity index (χ1n) is 7.22. The third-order valence-electron chi connectivity index (χ3n) is 4.35. The smallest absolute Gasteiger partial charge is 0.227 e. The predicted molar refractivity (Wildman–Crippen MR) is 82.1 cm³/mol. The quantitative estimate of drug-likeness (QED) is 0.873. The van der Waals surface area contributed by atoms with E-state index in [0.29, 0.717) is 13.1 Å². The summed E-state index contributed by atoms with van der Waals surface area (Å²) in [5.41, 5.74) is 7.43. The molecule has 6 heteroatoms. The minimum atomic E-state index is -0.365. The van der Waals surface area contributed by atoms with Gasteiger partial charge in [0.05, 0.1) is 11.1 Å². The number of pyridine rings is 1. The average Bonchev–Trinajstić information content (AvgIpc) is 3.07. The molecule has 3 rings (SSSR count). The van der Waals surface area contributed by atoms with E-state index in [1.165, 1.54) is 0 Å². The SMILES string of the molecule is CNC(=O)C1(C)CCN(c2nc3ccccn3c2CN)C1. The molecule has 1 aliphatic heterocycles. The van der Waals surface area contributed by atoms with Gasteiger partial charge in [0.1, 0.15) is 5.65 Å². The molecule has 1 saturated heterocycles. The molecule has 1 atom stereocenters. The van der Waals surface area contributed by atoms with E-state index >= 15 is 0 Å². The summed E-state index contributed by atoms with van der Waals surface area (Å²) in [6.45, 7) is 3.92. The number of nitrogens with one attached hydrogen (secondary N) is 1. The number of amides is 1. The molecular weight excluding hydrogens is 266 g/mol. The highest BCUT2D eigenvalue weighted by atomic mass is 16.2. The number of fused-ring (bicyclic) bond motifs is 1. The molecule has 1 fully saturated rings. The van der Waals surface area contributed by atoms with Gasteiger partial charge in [-0.2, -0.15) is 0 Å². The Balaban J connectivity index is 1.97. The van der Waals surface area contributed by atoms with Gasteiger partial charge in [-0.15, -0.1) is 0 Å². The van der Waals surface area contributed by atoms with Gasteiger partial charge in [-0.1, -0.05) is 6.07 Å². The van der Waals surface area contributed by atoms with Crippen LogP contribution in [0.5, 0.6) is 0 Å². The van der Waals surface area contributed by atoms with Gasteiger partial charge in [0.15, 0.2) is 5.82 Å². The van der Waals surface area contributed by atoms with Gasteiger partial charge in [0, 0.05) is 32.9 Å². The zero-order chi connectivity index (χ0) is 15.0. The van der Waals surface area contributed by atoms with Gasteiger partial charge in [0.25, 0.3) is 0 Å². The lowest BCUT2D eigenvalue weighted by atomic mass is 9.89. The number of carbonyl (C=O) groups excluding carboxylic acids is 1. The van der Waals surface area contributed by atoms with Gasteiger partial charge in [-0.05, 0) is 25.5 Å². The first kappa shape index (κ1) is 13.9. The number of carbonyl (C=O) groups is 1. The number of aromatic nitrogens is 2. The highest BCUT2D eigenvalue weighted by Gasteiger charge is 2.41. The van der Waals surface area contributed by atoms with Gasteiger partial charge < -0.3 is 20.4 Å². The summed E-state index contributed by atoms with van der Waals surface area (Å²) in [5, 5.41) is 2.76. The fourth-order valence-corrected chi connectivity index (χ4v) is 3.11. The van der Waals surface area contributed by atoms with E-state index < -0.39 is 0 Å². The molecule has 1 amide bonds. The molecule has 3 N–H and O–H groups in total. The molecule has 0 spiro atoms. The third kappa shape index (κ3) is 2.15. The van der Waals surface area contributed by atoms with Gasteiger partial charge in [-0.25, -0.2) is 4.98 Å². The summed E-state index contributed by atoms with van der Waals surface area (Å²) >= 11 is 0. The Bertz CT molecular complexity index is 680. The second-order valence-corrected chi connectivity index (χ2v) is 5.83. The van der Waals surface area contributed by atoms with Crippen LogP contribution in [-0.4, -0.2) is 35.4 Å². The molecule has 1 unspecified atom stereocenters. The lowest BCUT2D eigenvalue weighted by molar-refractivity contribution is -0.128. The van der Waals surface area contributed by atoms with E-state index in [0.717, 1.165) is 30.1 Å². The monoisotopic (exact) mass is 287 g/mol. The highest BCUT2D eigenvalue weighted by molar-refractivity contribution is 5.83. The zero-order valence-electron chi connectivity index (χ0n) is 12.5. The Kier molecular flexibility index (Phi) is 3.33. The number of imidazole rings is 1.